The van der Waals surface area contributed by atoms with Crippen LogP contribution in [0, 0.1) is 6.92 Å². The fourth-order valence-electron chi connectivity index (χ4n) is 1.73. The van der Waals surface area contributed by atoms with E-state index in [1.54, 1.807) is 13.0 Å². The van der Waals surface area contributed by atoms with Crippen molar-refractivity contribution in [2.45, 2.75) is 26.7 Å². The summed E-state index contributed by atoms with van der Waals surface area (Å²) in [7, 11) is 0. The Bertz CT molecular complexity index is 645. The highest BCUT2D eigenvalue weighted by Gasteiger charge is 2.18. The number of thiophene rings is 1. The van der Waals surface area contributed by atoms with Crippen LogP contribution < -0.4 is 11.1 Å². The first-order valence-corrected chi connectivity index (χ1v) is 7.00. The van der Waals surface area contributed by atoms with Crippen LogP contribution in [0.4, 0.5) is 5.00 Å². The maximum atomic E-state index is 12.0. The van der Waals surface area contributed by atoms with Crippen LogP contribution >= 0.6 is 11.3 Å². The van der Waals surface area contributed by atoms with Crippen molar-refractivity contribution in [3.05, 3.63) is 34.0 Å². The van der Waals surface area contributed by atoms with E-state index < -0.39 is 11.8 Å². The number of carbonyl (C=O) groups is 2. The highest BCUT2D eigenvalue weighted by atomic mass is 32.1. The predicted octanol–water partition coefficient (Wildman–Crippen LogP) is 2.35. The number of rotatable bonds is 5. The summed E-state index contributed by atoms with van der Waals surface area (Å²) in [6.07, 6.45) is 1.79. The van der Waals surface area contributed by atoms with Crippen molar-refractivity contribution in [1.29, 1.82) is 0 Å². The van der Waals surface area contributed by atoms with E-state index in [0.717, 1.165) is 17.7 Å². The lowest BCUT2D eigenvalue weighted by Gasteiger charge is -2.01. The summed E-state index contributed by atoms with van der Waals surface area (Å²) in [4.78, 5) is 24.4. The highest BCUT2D eigenvalue weighted by Crippen LogP contribution is 2.29. The molecule has 2 aromatic rings. The van der Waals surface area contributed by atoms with Crippen molar-refractivity contribution >= 4 is 28.2 Å². The van der Waals surface area contributed by atoms with E-state index in [1.165, 1.54) is 17.4 Å². The molecule has 7 heteroatoms. The standard InChI is InChI=1S/C13H15N3O3S/c1-3-4-8-6-9(11(14)17)13(20-8)15-12(18)10-5-7(2)19-16-10/h5-6H,3-4H2,1-2H3,(H2,14,17)(H,15,18). The van der Waals surface area contributed by atoms with E-state index in [-0.39, 0.29) is 5.69 Å². The number of nitrogens with one attached hydrogen (secondary N) is 1. The van der Waals surface area contributed by atoms with Crippen LogP contribution in [-0.2, 0) is 6.42 Å². The molecule has 3 N–H and O–H groups in total. The number of nitrogens with zero attached hydrogens (tertiary/aromatic N) is 1. The first kappa shape index (κ1) is 14.3. The molecule has 0 aromatic carbocycles. The van der Waals surface area contributed by atoms with Gasteiger partial charge < -0.3 is 15.6 Å². The SMILES string of the molecule is CCCc1cc(C(N)=O)c(NC(=O)c2cc(C)on2)s1. The molecule has 6 nitrogen and oxygen atoms in total. The topological polar surface area (TPSA) is 98.2 Å². The Balaban J connectivity index is 2.23. The van der Waals surface area contributed by atoms with Crippen LogP contribution in [0.1, 0.15) is 44.8 Å². The van der Waals surface area contributed by atoms with E-state index in [4.69, 9.17) is 10.3 Å². The minimum Gasteiger partial charge on any atom is -0.366 e. The lowest BCUT2D eigenvalue weighted by atomic mass is 10.2. The molecule has 2 heterocycles. The van der Waals surface area contributed by atoms with Crippen molar-refractivity contribution in [3.63, 3.8) is 0 Å². The molecule has 0 unspecified atom stereocenters. The summed E-state index contributed by atoms with van der Waals surface area (Å²) in [5, 5.41) is 6.74. The molecule has 20 heavy (non-hydrogen) atoms. The molecule has 0 radical (unpaired) electrons. The average molecular weight is 293 g/mol. The monoisotopic (exact) mass is 293 g/mol. The average Bonchev–Trinajstić information content (AvgIpc) is 2.96. The lowest BCUT2D eigenvalue weighted by Crippen LogP contribution is -2.16. The van der Waals surface area contributed by atoms with Crippen molar-refractivity contribution in [2.24, 2.45) is 5.73 Å². The van der Waals surface area contributed by atoms with Gasteiger partial charge in [-0.25, -0.2) is 0 Å². The first-order valence-electron chi connectivity index (χ1n) is 6.18. The van der Waals surface area contributed by atoms with Crippen LogP contribution in [0.5, 0.6) is 0 Å². The second kappa shape index (κ2) is 5.87. The maximum absolute atomic E-state index is 12.0. The number of amides is 2. The fraction of sp³-hybridized carbons (Fsp3) is 0.308. The quantitative estimate of drug-likeness (QED) is 0.884. The Morgan fingerprint density at radius 3 is 2.75 bits per heavy atom. The summed E-state index contributed by atoms with van der Waals surface area (Å²) in [6, 6.07) is 3.25. The highest BCUT2D eigenvalue weighted by molar-refractivity contribution is 7.16. The molecule has 2 amide bonds. The van der Waals surface area contributed by atoms with Crippen LogP contribution in [0.25, 0.3) is 0 Å². The number of aromatic nitrogens is 1. The molecule has 0 aliphatic carbocycles. The molecule has 0 saturated heterocycles. The van der Waals surface area contributed by atoms with Gasteiger partial charge in [-0.15, -0.1) is 11.3 Å². The molecule has 0 fully saturated rings. The maximum Gasteiger partial charge on any atom is 0.278 e. The molecule has 0 atom stereocenters. The van der Waals surface area contributed by atoms with Crippen molar-refractivity contribution in [3.8, 4) is 0 Å². The van der Waals surface area contributed by atoms with E-state index in [2.05, 4.69) is 10.5 Å². The number of primary amides is 1. The van der Waals surface area contributed by atoms with Gasteiger partial charge in [0.2, 0.25) is 0 Å². The van der Waals surface area contributed by atoms with Gasteiger partial charge in [0.25, 0.3) is 11.8 Å². The third kappa shape index (κ3) is 3.05. The number of anilines is 1. The summed E-state index contributed by atoms with van der Waals surface area (Å²) in [5.41, 5.74) is 5.82. The van der Waals surface area contributed by atoms with Gasteiger partial charge in [0, 0.05) is 10.9 Å². The summed E-state index contributed by atoms with van der Waals surface area (Å²) in [6.45, 7) is 3.74. The molecule has 0 bridgehead atoms. The number of nitrogens with two attached hydrogens (primary N) is 1. The predicted molar refractivity (Wildman–Crippen MR) is 76.0 cm³/mol. The van der Waals surface area contributed by atoms with Crippen molar-refractivity contribution in [2.75, 3.05) is 5.32 Å². The van der Waals surface area contributed by atoms with Gasteiger partial charge in [0.1, 0.15) is 10.8 Å². The smallest absolute Gasteiger partial charge is 0.278 e. The zero-order chi connectivity index (χ0) is 14.7. The Hall–Kier alpha value is -2.15. The van der Waals surface area contributed by atoms with Gasteiger partial charge in [0.05, 0.1) is 5.56 Å². The molecule has 0 aliphatic rings. The van der Waals surface area contributed by atoms with Gasteiger partial charge in [-0.05, 0) is 19.4 Å². The van der Waals surface area contributed by atoms with Gasteiger partial charge in [-0.3, -0.25) is 9.59 Å². The minimum atomic E-state index is -0.560. The van der Waals surface area contributed by atoms with Gasteiger partial charge in [0.15, 0.2) is 5.69 Å². The van der Waals surface area contributed by atoms with Gasteiger partial charge >= 0.3 is 0 Å². The first-order chi connectivity index (χ1) is 9.51. The molecular weight excluding hydrogens is 278 g/mol. The molecule has 2 aromatic heterocycles. The van der Waals surface area contributed by atoms with Crippen LogP contribution in [-0.4, -0.2) is 17.0 Å². The molecule has 2 rings (SSSR count). The van der Waals surface area contributed by atoms with E-state index in [9.17, 15) is 9.59 Å². The van der Waals surface area contributed by atoms with Crippen molar-refractivity contribution in [1.82, 2.24) is 5.16 Å². The third-order valence-corrected chi connectivity index (χ3v) is 3.74. The van der Waals surface area contributed by atoms with Gasteiger partial charge in [-0.2, -0.15) is 0 Å². The second-order valence-electron chi connectivity index (χ2n) is 4.35. The summed E-state index contributed by atoms with van der Waals surface area (Å²) < 4.78 is 4.85. The van der Waals surface area contributed by atoms with Gasteiger partial charge in [-0.1, -0.05) is 18.5 Å². The van der Waals surface area contributed by atoms with Crippen molar-refractivity contribution < 1.29 is 14.1 Å². The molecule has 0 spiro atoms. The van der Waals surface area contributed by atoms with Crippen LogP contribution in [0.15, 0.2) is 16.7 Å². The fourth-order valence-corrected chi connectivity index (χ4v) is 2.89. The lowest BCUT2D eigenvalue weighted by molar-refractivity contribution is 0.100. The Labute approximate surface area is 119 Å². The molecule has 106 valence electrons. The Morgan fingerprint density at radius 2 is 2.20 bits per heavy atom. The molecule has 0 aliphatic heterocycles. The van der Waals surface area contributed by atoms with E-state index in [1.807, 2.05) is 6.92 Å². The summed E-state index contributed by atoms with van der Waals surface area (Å²) in [5.74, 6) is -0.437. The number of carbonyl (C=O) groups excluding carboxylic acids is 2. The normalized spacial score (nSPS) is 10.5. The zero-order valence-corrected chi connectivity index (χ0v) is 12.0. The molecular formula is C13H15N3O3S. The summed E-state index contributed by atoms with van der Waals surface area (Å²) >= 11 is 1.35. The third-order valence-electron chi connectivity index (χ3n) is 2.63. The molecule has 0 saturated carbocycles. The van der Waals surface area contributed by atoms with E-state index >= 15 is 0 Å². The number of aryl methyl sites for hydroxylation is 2. The zero-order valence-electron chi connectivity index (χ0n) is 11.2. The minimum absolute atomic E-state index is 0.170. The largest absolute Gasteiger partial charge is 0.366 e. The number of hydrogen-bond donors (Lipinski definition) is 2. The van der Waals surface area contributed by atoms with E-state index in [0.29, 0.717) is 16.3 Å². The number of hydrogen-bond acceptors (Lipinski definition) is 5. The van der Waals surface area contributed by atoms with Crippen LogP contribution in [0.3, 0.4) is 0 Å². The Morgan fingerprint density at radius 1 is 1.45 bits per heavy atom. The Kier molecular flexibility index (Phi) is 4.19. The second-order valence-corrected chi connectivity index (χ2v) is 5.48. The van der Waals surface area contributed by atoms with Crippen LogP contribution in [0.2, 0.25) is 0 Å².